The van der Waals surface area contributed by atoms with E-state index in [4.69, 9.17) is 0 Å². The highest BCUT2D eigenvalue weighted by atomic mass is 16.3. The van der Waals surface area contributed by atoms with Crippen LogP contribution in [-0.4, -0.2) is 17.5 Å². The predicted octanol–water partition coefficient (Wildman–Crippen LogP) is 5.87. The normalized spacial score (nSPS) is 48.5. The summed E-state index contributed by atoms with van der Waals surface area (Å²) in [4.78, 5) is 12.0. The molecular weight excluding hydrogens is 320 g/mol. The number of aliphatic hydroxyl groups is 1. The van der Waals surface area contributed by atoms with Gasteiger partial charge in [-0.15, -0.1) is 0 Å². The molecule has 150 valence electrons. The monoisotopic (exact) mass is 362 g/mol. The minimum absolute atomic E-state index is 0.350. The Morgan fingerprint density at radius 2 is 1.69 bits per heavy atom. The van der Waals surface area contributed by atoms with Crippen LogP contribution in [-0.2, 0) is 4.79 Å². The maximum Gasteiger partial charge on any atom is 0.133 e. The Balaban J connectivity index is 0.000000948. The van der Waals surface area contributed by atoms with Gasteiger partial charge >= 0.3 is 0 Å². The average Bonchev–Trinajstić information content (AvgIpc) is 3.00. The largest absolute Gasteiger partial charge is 0.396 e. The number of hydrogen-bond donors (Lipinski definition) is 1. The molecule has 0 aromatic heterocycles. The lowest BCUT2D eigenvalue weighted by Gasteiger charge is -2.60. The van der Waals surface area contributed by atoms with Crippen molar-refractivity contribution in [3.8, 4) is 0 Å². The van der Waals surface area contributed by atoms with Crippen molar-refractivity contribution in [2.75, 3.05) is 6.61 Å². The summed E-state index contributed by atoms with van der Waals surface area (Å²) in [6.07, 6.45) is 10.9. The van der Waals surface area contributed by atoms with Crippen LogP contribution in [0.15, 0.2) is 0 Å². The van der Waals surface area contributed by atoms with Crippen LogP contribution in [0.1, 0.15) is 92.4 Å². The fraction of sp³-hybridized carbons (Fsp3) is 0.958. The molecule has 4 fully saturated rings. The van der Waals surface area contributed by atoms with Crippen molar-refractivity contribution in [2.45, 2.75) is 92.4 Å². The summed E-state index contributed by atoms with van der Waals surface area (Å²) >= 11 is 0. The molecule has 0 spiro atoms. The fourth-order valence-electron chi connectivity index (χ4n) is 8.15. The Bertz CT molecular complexity index is 514. The van der Waals surface area contributed by atoms with E-state index in [1.165, 1.54) is 38.5 Å². The van der Waals surface area contributed by atoms with Crippen molar-refractivity contribution >= 4 is 5.78 Å². The third-order valence-corrected chi connectivity index (χ3v) is 9.53. The van der Waals surface area contributed by atoms with Gasteiger partial charge in [0.2, 0.25) is 0 Å². The highest BCUT2D eigenvalue weighted by Gasteiger charge is 2.60. The standard InChI is InChI=1S/C22H36O2.C2H6/c1-14(13-23)18-6-7-19-17-5-4-15-12-16(24)8-10-21(15,2)20(17)9-11-22(18,19)3;1-2/h14-15,17-20,23H,4-13H2,1-3H3;1-2H3/t14?,15-,17+,18?,19?,20?,21+,22-;/m1./s1. The first-order valence-corrected chi connectivity index (χ1v) is 11.5. The zero-order valence-corrected chi connectivity index (χ0v) is 17.9. The Labute approximate surface area is 161 Å². The molecule has 0 bridgehead atoms. The summed E-state index contributed by atoms with van der Waals surface area (Å²) in [6, 6.07) is 0. The molecular formula is C24H42O2. The van der Waals surface area contributed by atoms with Gasteiger partial charge in [0, 0.05) is 19.4 Å². The van der Waals surface area contributed by atoms with Gasteiger partial charge in [-0.1, -0.05) is 34.6 Å². The van der Waals surface area contributed by atoms with E-state index in [1.807, 2.05) is 13.8 Å². The van der Waals surface area contributed by atoms with E-state index in [9.17, 15) is 9.90 Å². The highest BCUT2D eigenvalue weighted by molar-refractivity contribution is 5.79. The number of rotatable bonds is 2. The second-order valence-corrected chi connectivity index (χ2v) is 10.3. The summed E-state index contributed by atoms with van der Waals surface area (Å²) < 4.78 is 0. The molecule has 0 saturated heterocycles. The molecule has 2 nitrogen and oxygen atoms in total. The van der Waals surface area contributed by atoms with Crippen LogP contribution in [0.25, 0.3) is 0 Å². The molecule has 0 aliphatic heterocycles. The SMILES string of the molecule is CC.CC(CO)C1CCC2[C@@H]3CC[C@@H]4CC(=O)CC[C@]4(C)C3CC[C@]12C. The zero-order valence-electron chi connectivity index (χ0n) is 17.9. The van der Waals surface area contributed by atoms with E-state index >= 15 is 0 Å². The highest BCUT2D eigenvalue weighted by Crippen LogP contribution is 2.67. The summed E-state index contributed by atoms with van der Waals surface area (Å²) in [5.41, 5.74) is 0.885. The van der Waals surface area contributed by atoms with Crippen LogP contribution >= 0.6 is 0 Å². The maximum absolute atomic E-state index is 12.0. The van der Waals surface area contributed by atoms with Crippen LogP contribution in [0.4, 0.5) is 0 Å². The van der Waals surface area contributed by atoms with Gasteiger partial charge in [-0.3, -0.25) is 4.79 Å². The molecule has 26 heavy (non-hydrogen) atoms. The molecule has 0 radical (unpaired) electrons. The van der Waals surface area contributed by atoms with Gasteiger partial charge in [-0.25, -0.2) is 0 Å². The molecule has 4 aliphatic carbocycles. The topological polar surface area (TPSA) is 37.3 Å². The Kier molecular flexibility index (Phi) is 5.93. The minimum atomic E-state index is 0.350. The van der Waals surface area contributed by atoms with Crippen LogP contribution in [0.5, 0.6) is 0 Å². The number of carbonyl (C=O) groups is 1. The Hall–Kier alpha value is -0.370. The molecule has 4 rings (SSSR count). The van der Waals surface area contributed by atoms with Crippen molar-refractivity contribution in [1.29, 1.82) is 0 Å². The van der Waals surface area contributed by atoms with Gasteiger partial charge in [0.25, 0.3) is 0 Å². The predicted molar refractivity (Wildman–Crippen MR) is 108 cm³/mol. The zero-order chi connectivity index (χ0) is 19.1. The quantitative estimate of drug-likeness (QED) is 0.667. The molecule has 4 unspecified atom stereocenters. The first-order chi connectivity index (χ1) is 12.4. The van der Waals surface area contributed by atoms with Crippen molar-refractivity contribution in [1.82, 2.24) is 0 Å². The minimum Gasteiger partial charge on any atom is -0.396 e. The molecule has 4 aliphatic rings. The van der Waals surface area contributed by atoms with E-state index in [0.717, 1.165) is 37.0 Å². The summed E-state index contributed by atoms with van der Waals surface area (Å²) in [5.74, 6) is 4.96. The second-order valence-electron chi connectivity index (χ2n) is 10.3. The third kappa shape index (κ3) is 2.99. The second kappa shape index (κ2) is 7.57. The molecule has 0 aromatic rings. The van der Waals surface area contributed by atoms with E-state index in [-0.39, 0.29) is 0 Å². The molecule has 0 amide bonds. The van der Waals surface area contributed by atoms with E-state index in [1.54, 1.807) is 0 Å². The van der Waals surface area contributed by atoms with Gasteiger partial charge in [-0.05, 0) is 91.3 Å². The molecule has 1 N–H and O–H groups in total. The third-order valence-electron chi connectivity index (χ3n) is 9.53. The number of carbonyl (C=O) groups excluding carboxylic acids is 1. The number of Topliss-reactive ketones (excluding diaryl/α,β-unsaturated/α-hetero) is 1. The lowest BCUT2D eigenvalue weighted by Crippen LogP contribution is -2.53. The van der Waals surface area contributed by atoms with Crippen molar-refractivity contribution < 1.29 is 9.90 Å². The Morgan fingerprint density at radius 3 is 2.38 bits per heavy atom. The first kappa shape index (κ1) is 20.4. The summed E-state index contributed by atoms with van der Waals surface area (Å²) in [5, 5.41) is 9.72. The number of aliphatic hydroxyl groups excluding tert-OH is 1. The lowest BCUT2D eigenvalue weighted by atomic mass is 9.44. The van der Waals surface area contributed by atoms with E-state index < -0.39 is 0 Å². The summed E-state index contributed by atoms with van der Waals surface area (Å²) in [6.45, 7) is 11.7. The molecule has 0 aromatic carbocycles. The number of ketones is 1. The van der Waals surface area contributed by atoms with Crippen LogP contribution in [0, 0.1) is 46.3 Å². The smallest absolute Gasteiger partial charge is 0.133 e. The Morgan fingerprint density at radius 1 is 1.00 bits per heavy atom. The van der Waals surface area contributed by atoms with Crippen LogP contribution in [0.3, 0.4) is 0 Å². The fourth-order valence-corrected chi connectivity index (χ4v) is 8.15. The van der Waals surface area contributed by atoms with Gasteiger partial charge in [0.15, 0.2) is 0 Å². The molecule has 8 atom stereocenters. The molecule has 4 saturated carbocycles. The summed E-state index contributed by atoms with van der Waals surface area (Å²) in [7, 11) is 0. The van der Waals surface area contributed by atoms with Crippen LogP contribution < -0.4 is 0 Å². The molecule has 0 heterocycles. The van der Waals surface area contributed by atoms with Crippen molar-refractivity contribution in [3.05, 3.63) is 0 Å². The van der Waals surface area contributed by atoms with Crippen molar-refractivity contribution in [3.63, 3.8) is 0 Å². The van der Waals surface area contributed by atoms with Gasteiger partial charge in [0.1, 0.15) is 5.78 Å². The van der Waals surface area contributed by atoms with Gasteiger partial charge < -0.3 is 5.11 Å². The van der Waals surface area contributed by atoms with Gasteiger partial charge in [-0.2, -0.15) is 0 Å². The van der Waals surface area contributed by atoms with Crippen molar-refractivity contribution in [2.24, 2.45) is 46.3 Å². The number of fused-ring (bicyclic) bond motifs is 5. The number of hydrogen-bond acceptors (Lipinski definition) is 2. The first-order valence-electron chi connectivity index (χ1n) is 11.5. The van der Waals surface area contributed by atoms with Gasteiger partial charge in [0.05, 0.1) is 0 Å². The van der Waals surface area contributed by atoms with Crippen LogP contribution in [0.2, 0.25) is 0 Å². The average molecular weight is 363 g/mol. The maximum atomic E-state index is 12.0. The van der Waals surface area contributed by atoms with E-state index in [2.05, 4.69) is 20.8 Å². The van der Waals surface area contributed by atoms with E-state index in [0.29, 0.717) is 41.0 Å². The molecule has 2 heteroatoms. The lowest BCUT2D eigenvalue weighted by molar-refractivity contribution is -0.140.